The van der Waals surface area contributed by atoms with Crippen LogP contribution in [0, 0.1) is 12.7 Å². The molecule has 0 aliphatic rings. The molecule has 0 radical (unpaired) electrons. The minimum absolute atomic E-state index is 0.134. The molecule has 0 heterocycles. The lowest BCUT2D eigenvalue weighted by Crippen LogP contribution is -1.88. The summed E-state index contributed by atoms with van der Waals surface area (Å²) in [5.41, 5.74) is 1.99. The van der Waals surface area contributed by atoms with Crippen LogP contribution in [0.25, 0.3) is 11.1 Å². The second-order valence-corrected chi connectivity index (χ2v) is 3.90. The fourth-order valence-electron chi connectivity index (χ4n) is 1.78. The van der Waals surface area contributed by atoms with Gasteiger partial charge in [-0.3, -0.25) is 0 Å². The largest absolute Gasteiger partial charge is 0.508 e. The summed E-state index contributed by atoms with van der Waals surface area (Å²) >= 11 is 0. The van der Waals surface area contributed by atoms with Crippen molar-refractivity contribution >= 4 is 0 Å². The Hall–Kier alpha value is -2.03. The Labute approximate surface area is 99.3 Å². The van der Waals surface area contributed by atoms with Crippen LogP contribution < -0.4 is 4.74 Å². The lowest BCUT2D eigenvalue weighted by atomic mass is 10.0. The third-order valence-corrected chi connectivity index (χ3v) is 2.55. The van der Waals surface area contributed by atoms with Gasteiger partial charge in [0, 0.05) is 11.6 Å². The molecule has 0 atom stereocenters. The van der Waals surface area contributed by atoms with E-state index in [1.165, 1.54) is 19.2 Å². The van der Waals surface area contributed by atoms with Gasteiger partial charge in [0.1, 0.15) is 17.3 Å². The zero-order valence-corrected chi connectivity index (χ0v) is 9.70. The van der Waals surface area contributed by atoms with Crippen LogP contribution in [0.3, 0.4) is 0 Å². The summed E-state index contributed by atoms with van der Waals surface area (Å²) in [4.78, 5) is 0. The number of aryl methyl sites for hydroxylation is 1. The molecule has 2 aromatic carbocycles. The van der Waals surface area contributed by atoms with Crippen molar-refractivity contribution < 1.29 is 14.2 Å². The molecule has 0 amide bonds. The van der Waals surface area contributed by atoms with Gasteiger partial charge in [-0.15, -0.1) is 0 Å². The van der Waals surface area contributed by atoms with Gasteiger partial charge in [0.05, 0.1) is 7.11 Å². The van der Waals surface area contributed by atoms with Crippen LogP contribution in [0.4, 0.5) is 4.39 Å². The molecule has 3 heteroatoms. The molecule has 2 nitrogen and oxygen atoms in total. The van der Waals surface area contributed by atoms with Gasteiger partial charge in [-0.25, -0.2) is 4.39 Å². The first kappa shape index (κ1) is 11.5. The van der Waals surface area contributed by atoms with Gasteiger partial charge in [0.15, 0.2) is 0 Å². The number of methoxy groups -OCH3 is 1. The number of halogens is 1. The predicted octanol–water partition coefficient (Wildman–Crippen LogP) is 3.52. The van der Waals surface area contributed by atoms with E-state index in [1.807, 2.05) is 13.0 Å². The van der Waals surface area contributed by atoms with Crippen molar-refractivity contribution in [2.45, 2.75) is 6.92 Å². The Morgan fingerprint density at radius 3 is 2.47 bits per heavy atom. The number of phenols is 1. The molecule has 0 aromatic heterocycles. The van der Waals surface area contributed by atoms with Crippen molar-refractivity contribution in [3.8, 4) is 22.6 Å². The molecule has 0 bridgehead atoms. The van der Waals surface area contributed by atoms with E-state index in [0.717, 1.165) is 5.56 Å². The van der Waals surface area contributed by atoms with E-state index in [-0.39, 0.29) is 11.6 Å². The molecule has 0 aliphatic carbocycles. The van der Waals surface area contributed by atoms with Crippen LogP contribution in [-0.2, 0) is 0 Å². The van der Waals surface area contributed by atoms with Gasteiger partial charge in [-0.2, -0.15) is 0 Å². The van der Waals surface area contributed by atoms with Gasteiger partial charge in [0.25, 0.3) is 0 Å². The molecule has 2 rings (SSSR count). The van der Waals surface area contributed by atoms with Crippen LogP contribution in [0.15, 0.2) is 36.4 Å². The third-order valence-electron chi connectivity index (χ3n) is 2.55. The zero-order chi connectivity index (χ0) is 12.4. The number of ether oxygens (including phenoxy) is 1. The maximum atomic E-state index is 13.8. The maximum Gasteiger partial charge on any atom is 0.134 e. The molecule has 1 N–H and O–H groups in total. The third kappa shape index (κ3) is 2.38. The summed E-state index contributed by atoms with van der Waals surface area (Å²) < 4.78 is 18.8. The summed E-state index contributed by atoms with van der Waals surface area (Å²) in [6, 6.07) is 9.66. The first-order chi connectivity index (χ1) is 8.10. The lowest BCUT2D eigenvalue weighted by molar-refractivity contribution is 0.411. The van der Waals surface area contributed by atoms with Crippen LogP contribution >= 0.6 is 0 Å². The van der Waals surface area contributed by atoms with Crippen LogP contribution in [0.2, 0.25) is 0 Å². The zero-order valence-electron chi connectivity index (χ0n) is 9.70. The molecule has 0 fully saturated rings. The molecular formula is C14H13FO2. The van der Waals surface area contributed by atoms with Crippen molar-refractivity contribution in [1.29, 1.82) is 0 Å². The Bertz CT molecular complexity index is 530. The van der Waals surface area contributed by atoms with Gasteiger partial charge in [-0.05, 0) is 42.3 Å². The number of aromatic hydroxyl groups is 1. The van der Waals surface area contributed by atoms with E-state index in [2.05, 4.69) is 0 Å². The van der Waals surface area contributed by atoms with E-state index in [9.17, 15) is 9.50 Å². The van der Waals surface area contributed by atoms with Crippen molar-refractivity contribution in [3.63, 3.8) is 0 Å². The number of benzene rings is 2. The van der Waals surface area contributed by atoms with Gasteiger partial charge >= 0.3 is 0 Å². The highest BCUT2D eigenvalue weighted by Crippen LogP contribution is 2.29. The fraction of sp³-hybridized carbons (Fsp3) is 0.143. The molecule has 0 aliphatic heterocycles. The highest BCUT2D eigenvalue weighted by molar-refractivity contribution is 5.67. The molecule has 0 saturated carbocycles. The fourth-order valence-corrected chi connectivity index (χ4v) is 1.78. The number of hydrogen-bond acceptors (Lipinski definition) is 2. The minimum Gasteiger partial charge on any atom is -0.508 e. The minimum atomic E-state index is -0.366. The van der Waals surface area contributed by atoms with Gasteiger partial charge < -0.3 is 9.84 Å². The Morgan fingerprint density at radius 2 is 1.88 bits per heavy atom. The summed E-state index contributed by atoms with van der Waals surface area (Å²) in [5.74, 6) is 0.243. The highest BCUT2D eigenvalue weighted by Gasteiger charge is 2.07. The SMILES string of the molecule is COc1ccc(-c2cc(C)cc(O)c2)c(F)c1. The summed E-state index contributed by atoms with van der Waals surface area (Å²) in [6.07, 6.45) is 0. The van der Waals surface area contributed by atoms with Crippen LogP contribution in [0.1, 0.15) is 5.56 Å². The van der Waals surface area contributed by atoms with E-state index in [4.69, 9.17) is 4.74 Å². The van der Waals surface area contributed by atoms with E-state index in [0.29, 0.717) is 16.9 Å². The Morgan fingerprint density at radius 1 is 1.12 bits per heavy atom. The summed E-state index contributed by atoms with van der Waals surface area (Å²) in [7, 11) is 1.49. The maximum absolute atomic E-state index is 13.8. The van der Waals surface area contributed by atoms with E-state index < -0.39 is 0 Å². The van der Waals surface area contributed by atoms with E-state index >= 15 is 0 Å². The van der Waals surface area contributed by atoms with Gasteiger partial charge in [-0.1, -0.05) is 6.07 Å². The smallest absolute Gasteiger partial charge is 0.134 e. The first-order valence-electron chi connectivity index (χ1n) is 5.25. The second-order valence-electron chi connectivity index (χ2n) is 3.90. The van der Waals surface area contributed by atoms with Crippen molar-refractivity contribution in [2.75, 3.05) is 7.11 Å². The van der Waals surface area contributed by atoms with Crippen molar-refractivity contribution in [2.24, 2.45) is 0 Å². The number of rotatable bonds is 2. The Balaban J connectivity index is 2.52. The second kappa shape index (κ2) is 4.45. The predicted molar refractivity (Wildman–Crippen MR) is 64.8 cm³/mol. The molecule has 2 aromatic rings. The summed E-state index contributed by atoms with van der Waals surface area (Å²) in [5, 5.41) is 9.50. The normalized spacial score (nSPS) is 10.3. The average Bonchev–Trinajstić information content (AvgIpc) is 2.27. The average molecular weight is 232 g/mol. The van der Waals surface area contributed by atoms with E-state index in [1.54, 1.807) is 18.2 Å². The monoisotopic (exact) mass is 232 g/mol. The Kier molecular flexibility index (Phi) is 3.00. The van der Waals surface area contributed by atoms with Gasteiger partial charge in [0.2, 0.25) is 0 Å². The van der Waals surface area contributed by atoms with Crippen LogP contribution in [-0.4, -0.2) is 12.2 Å². The lowest BCUT2D eigenvalue weighted by Gasteiger charge is -2.07. The quantitative estimate of drug-likeness (QED) is 0.858. The van der Waals surface area contributed by atoms with Crippen molar-refractivity contribution in [1.82, 2.24) is 0 Å². The molecular weight excluding hydrogens is 219 g/mol. The first-order valence-corrected chi connectivity index (χ1v) is 5.25. The standard InChI is InChI=1S/C14H13FO2/c1-9-5-10(7-11(16)6-9)13-4-3-12(17-2)8-14(13)15/h3-8,16H,1-2H3. The topological polar surface area (TPSA) is 29.5 Å². The molecule has 0 spiro atoms. The highest BCUT2D eigenvalue weighted by atomic mass is 19.1. The summed E-state index contributed by atoms with van der Waals surface area (Å²) in [6.45, 7) is 1.85. The molecule has 88 valence electrons. The molecule has 0 unspecified atom stereocenters. The number of phenolic OH excluding ortho intramolecular Hbond substituents is 1. The molecule has 17 heavy (non-hydrogen) atoms. The number of hydrogen-bond donors (Lipinski definition) is 1. The van der Waals surface area contributed by atoms with Crippen molar-refractivity contribution in [3.05, 3.63) is 47.8 Å². The molecule has 0 saturated heterocycles. The van der Waals surface area contributed by atoms with Crippen LogP contribution in [0.5, 0.6) is 11.5 Å².